The topological polar surface area (TPSA) is 43.1 Å². The second kappa shape index (κ2) is 4.35. The van der Waals surface area contributed by atoms with Crippen molar-refractivity contribution in [1.82, 2.24) is 4.98 Å². The van der Waals surface area contributed by atoms with Crippen molar-refractivity contribution in [3.63, 3.8) is 0 Å². The molecule has 0 amide bonds. The monoisotopic (exact) mass is 251 g/mol. The zero-order valence-electron chi connectivity index (χ0n) is 10.8. The molecule has 19 heavy (non-hydrogen) atoms. The minimum atomic E-state index is 0.0139. The standard InChI is InChI=1S/C16H13NO2/c1-10-11(2)19-14-8-5-6-12(15(14)16(10)18)13-7-3-4-9-17-13/h3-9H,1-2H3. The lowest BCUT2D eigenvalue weighted by Gasteiger charge is -2.07. The third-order valence-electron chi connectivity index (χ3n) is 3.33. The van der Waals surface area contributed by atoms with E-state index in [9.17, 15) is 4.79 Å². The highest BCUT2D eigenvalue weighted by Gasteiger charge is 2.13. The summed E-state index contributed by atoms with van der Waals surface area (Å²) in [6.07, 6.45) is 1.72. The first kappa shape index (κ1) is 11.7. The molecule has 3 nitrogen and oxygen atoms in total. The smallest absolute Gasteiger partial charge is 0.196 e. The highest BCUT2D eigenvalue weighted by molar-refractivity contribution is 5.92. The second-order valence-electron chi connectivity index (χ2n) is 4.51. The van der Waals surface area contributed by atoms with Crippen molar-refractivity contribution in [2.24, 2.45) is 0 Å². The minimum Gasteiger partial charge on any atom is -0.461 e. The summed E-state index contributed by atoms with van der Waals surface area (Å²) in [5.41, 5.74) is 2.87. The fraction of sp³-hybridized carbons (Fsp3) is 0.125. The Morgan fingerprint density at radius 2 is 1.89 bits per heavy atom. The van der Waals surface area contributed by atoms with Crippen LogP contribution in [0.3, 0.4) is 0 Å². The largest absolute Gasteiger partial charge is 0.461 e. The molecule has 2 aromatic heterocycles. The lowest BCUT2D eigenvalue weighted by molar-refractivity contribution is 0.559. The molecule has 2 heterocycles. The number of rotatable bonds is 1. The zero-order valence-corrected chi connectivity index (χ0v) is 10.8. The fourth-order valence-corrected chi connectivity index (χ4v) is 2.17. The zero-order chi connectivity index (χ0) is 13.4. The van der Waals surface area contributed by atoms with Crippen LogP contribution in [0.15, 0.2) is 51.8 Å². The molecule has 0 radical (unpaired) electrons. The number of aryl methyl sites for hydroxylation is 1. The van der Waals surface area contributed by atoms with Crippen molar-refractivity contribution in [3.8, 4) is 11.3 Å². The summed E-state index contributed by atoms with van der Waals surface area (Å²) in [4.78, 5) is 16.8. The highest BCUT2D eigenvalue weighted by atomic mass is 16.3. The van der Waals surface area contributed by atoms with Crippen molar-refractivity contribution >= 4 is 11.0 Å². The molecule has 0 aliphatic rings. The molecule has 0 spiro atoms. The summed E-state index contributed by atoms with van der Waals surface area (Å²) in [6.45, 7) is 3.60. The van der Waals surface area contributed by atoms with Gasteiger partial charge < -0.3 is 4.42 Å². The first-order valence-electron chi connectivity index (χ1n) is 6.13. The van der Waals surface area contributed by atoms with E-state index >= 15 is 0 Å². The fourth-order valence-electron chi connectivity index (χ4n) is 2.17. The number of benzene rings is 1. The molecule has 0 saturated heterocycles. The number of hydrogen-bond donors (Lipinski definition) is 0. The van der Waals surface area contributed by atoms with Gasteiger partial charge in [-0.3, -0.25) is 9.78 Å². The van der Waals surface area contributed by atoms with Gasteiger partial charge in [0.05, 0.1) is 11.1 Å². The third-order valence-corrected chi connectivity index (χ3v) is 3.33. The van der Waals surface area contributed by atoms with E-state index in [1.165, 1.54) is 0 Å². The lowest BCUT2D eigenvalue weighted by atomic mass is 10.0. The molecule has 3 aromatic rings. The van der Waals surface area contributed by atoms with Crippen LogP contribution in [0, 0.1) is 13.8 Å². The SMILES string of the molecule is Cc1oc2cccc(-c3ccccn3)c2c(=O)c1C. The maximum Gasteiger partial charge on any atom is 0.196 e. The molecule has 0 aliphatic carbocycles. The Morgan fingerprint density at radius 1 is 1.05 bits per heavy atom. The normalized spacial score (nSPS) is 10.8. The Bertz CT molecular complexity index is 804. The Hall–Kier alpha value is -2.42. The summed E-state index contributed by atoms with van der Waals surface area (Å²) in [5.74, 6) is 0.663. The van der Waals surface area contributed by atoms with Gasteiger partial charge in [0.15, 0.2) is 5.43 Å². The summed E-state index contributed by atoms with van der Waals surface area (Å²) in [6, 6.07) is 11.2. The average molecular weight is 251 g/mol. The van der Waals surface area contributed by atoms with Gasteiger partial charge in [0.25, 0.3) is 0 Å². The van der Waals surface area contributed by atoms with Gasteiger partial charge in [-0.25, -0.2) is 0 Å². The molecule has 0 saturated carbocycles. The summed E-state index contributed by atoms with van der Waals surface area (Å²) in [5, 5.41) is 0.601. The van der Waals surface area contributed by atoms with Crippen LogP contribution in [0.4, 0.5) is 0 Å². The quantitative estimate of drug-likeness (QED) is 0.665. The lowest BCUT2D eigenvalue weighted by Crippen LogP contribution is -2.08. The van der Waals surface area contributed by atoms with Crippen LogP contribution >= 0.6 is 0 Å². The van der Waals surface area contributed by atoms with E-state index in [1.807, 2.05) is 43.3 Å². The van der Waals surface area contributed by atoms with Crippen molar-refractivity contribution in [3.05, 3.63) is 64.1 Å². The molecular formula is C16H13NO2. The summed E-state index contributed by atoms with van der Waals surface area (Å²) in [7, 11) is 0. The Morgan fingerprint density at radius 3 is 2.63 bits per heavy atom. The molecule has 0 bridgehead atoms. The van der Waals surface area contributed by atoms with Crippen molar-refractivity contribution in [2.45, 2.75) is 13.8 Å². The Kier molecular flexibility index (Phi) is 2.67. The van der Waals surface area contributed by atoms with Gasteiger partial charge in [-0.1, -0.05) is 18.2 Å². The van der Waals surface area contributed by atoms with Gasteiger partial charge in [-0.15, -0.1) is 0 Å². The van der Waals surface area contributed by atoms with E-state index < -0.39 is 0 Å². The van der Waals surface area contributed by atoms with Gasteiger partial charge in [-0.05, 0) is 32.0 Å². The number of fused-ring (bicyclic) bond motifs is 1. The van der Waals surface area contributed by atoms with E-state index in [4.69, 9.17) is 4.42 Å². The van der Waals surface area contributed by atoms with E-state index in [-0.39, 0.29) is 5.43 Å². The van der Waals surface area contributed by atoms with E-state index in [0.717, 1.165) is 11.3 Å². The molecule has 0 unspecified atom stereocenters. The Balaban J connectivity index is 2.45. The van der Waals surface area contributed by atoms with Crippen LogP contribution in [0.5, 0.6) is 0 Å². The predicted molar refractivity (Wildman–Crippen MR) is 75.2 cm³/mol. The molecule has 0 fully saturated rings. The molecule has 0 aliphatic heterocycles. The molecule has 0 N–H and O–H groups in total. The van der Waals surface area contributed by atoms with Crippen LogP contribution in [0.1, 0.15) is 11.3 Å². The van der Waals surface area contributed by atoms with Crippen molar-refractivity contribution < 1.29 is 4.42 Å². The van der Waals surface area contributed by atoms with Crippen LogP contribution in [0.25, 0.3) is 22.2 Å². The molecule has 3 rings (SSSR count). The van der Waals surface area contributed by atoms with Crippen LogP contribution < -0.4 is 5.43 Å². The number of aromatic nitrogens is 1. The number of nitrogens with zero attached hydrogens (tertiary/aromatic N) is 1. The molecule has 0 atom stereocenters. The Labute approximate surface area is 110 Å². The second-order valence-corrected chi connectivity index (χ2v) is 4.51. The van der Waals surface area contributed by atoms with Crippen LogP contribution in [0.2, 0.25) is 0 Å². The molecule has 3 heteroatoms. The first-order chi connectivity index (χ1) is 9.18. The van der Waals surface area contributed by atoms with Gasteiger partial charge >= 0.3 is 0 Å². The van der Waals surface area contributed by atoms with Crippen LogP contribution in [-0.4, -0.2) is 4.98 Å². The summed E-state index contributed by atoms with van der Waals surface area (Å²) < 4.78 is 5.71. The van der Waals surface area contributed by atoms with Gasteiger partial charge in [0, 0.05) is 17.3 Å². The van der Waals surface area contributed by atoms with E-state index in [0.29, 0.717) is 22.3 Å². The van der Waals surface area contributed by atoms with Crippen LogP contribution in [-0.2, 0) is 0 Å². The molecule has 1 aromatic carbocycles. The summed E-state index contributed by atoms with van der Waals surface area (Å²) >= 11 is 0. The minimum absolute atomic E-state index is 0.0139. The molecular weight excluding hydrogens is 238 g/mol. The number of pyridine rings is 1. The van der Waals surface area contributed by atoms with Crippen molar-refractivity contribution in [1.29, 1.82) is 0 Å². The van der Waals surface area contributed by atoms with E-state index in [1.54, 1.807) is 13.1 Å². The average Bonchev–Trinajstić information content (AvgIpc) is 2.45. The van der Waals surface area contributed by atoms with Crippen molar-refractivity contribution in [2.75, 3.05) is 0 Å². The maximum atomic E-state index is 12.5. The highest BCUT2D eigenvalue weighted by Crippen LogP contribution is 2.25. The van der Waals surface area contributed by atoms with Gasteiger partial charge in [0.1, 0.15) is 11.3 Å². The predicted octanol–water partition coefficient (Wildman–Crippen LogP) is 3.47. The first-order valence-corrected chi connectivity index (χ1v) is 6.13. The molecule has 94 valence electrons. The number of hydrogen-bond acceptors (Lipinski definition) is 3. The third kappa shape index (κ3) is 1.83. The maximum absolute atomic E-state index is 12.5. The van der Waals surface area contributed by atoms with Gasteiger partial charge in [-0.2, -0.15) is 0 Å². The van der Waals surface area contributed by atoms with Gasteiger partial charge in [0.2, 0.25) is 0 Å². The van der Waals surface area contributed by atoms with E-state index in [2.05, 4.69) is 4.98 Å².